The van der Waals surface area contributed by atoms with Crippen LogP contribution in [0.4, 0.5) is 13.6 Å². The van der Waals surface area contributed by atoms with E-state index in [-0.39, 0.29) is 18.9 Å². The number of amides is 1. The van der Waals surface area contributed by atoms with Crippen LogP contribution in [-0.2, 0) is 13.2 Å². The minimum Gasteiger partial charge on any atom is -0.465 e. The van der Waals surface area contributed by atoms with E-state index in [9.17, 15) is 18.7 Å². The van der Waals surface area contributed by atoms with E-state index in [1.807, 2.05) is 0 Å². The predicted octanol–water partition coefficient (Wildman–Crippen LogP) is 2.28. The predicted molar refractivity (Wildman–Crippen MR) is 86.3 cm³/mol. The van der Waals surface area contributed by atoms with Gasteiger partial charge in [-0.25, -0.2) is 14.5 Å². The number of carboxylic acid groups (broad SMARTS) is 1. The first-order valence-corrected chi connectivity index (χ1v) is 7.48. The summed E-state index contributed by atoms with van der Waals surface area (Å²) in [6.45, 7) is -3.27. The van der Waals surface area contributed by atoms with Gasteiger partial charge in [0, 0.05) is 11.6 Å². The lowest BCUT2D eigenvalue weighted by molar-refractivity contribution is -0.0498. The molecule has 8 nitrogen and oxygen atoms in total. The topological polar surface area (TPSA) is 110 Å². The summed E-state index contributed by atoms with van der Waals surface area (Å²) in [5.41, 5.74) is 1.84. The number of aliphatic hydroxyl groups is 1. The minimum absolute atomic E-state index is 0.00279. The van der Waals surface area contributed by atoms with Crippen LogP contribution in [0.3, 0.4) is 0 Å². The van der Waals surface area contributed by atoms with Gasteiger partial charge in [0.1, 0.15) is 5.75 Å². The fraction of sp³-hybridized carbons (Fsp3) is 0.188. The van der Waals surface area contributed by atoms with Gasteiger partial charge in [0.25, 0.3) is 0 Å². The number of nitrogens with zero attached hydrogens (tertiary/aromatic N) is 3. The van der Waals surface area contributed by atoms with E-state index in [1.165, 1.54) is 35.1 Å². The van der Waals surface area contributed by atoms with Gasteiger partial charge in [-0.15, -0.1) is 0 Å². The molecule has 3 aromatic rings. The number of ether oxygens (including phenoxy) is 1. The van der Waals surface area contributed by atoms with Gasteiger partial charge in [-0.2, -0.15) is 13.9 Å². The van der Waals surface area contributed by atoms with Crippen LogP contribution in [0.15, 0.2) is 36.5 Å². The quantitative estimate of drug-likeness (QED) is 0.619. The lowest BCUT2D eigenvalue weighted by Crippen LogP contribution is -2.20. The lowest BCUT2D eigenvalue weighted by atomic mass is 10.1. The van der Waals surface area contributed by atoms with Crippen molar-refractivity contribution >= 4 is 17.1 Å². The monoisotopic (exact) mass is 364 g/mol. The summed E-state index contributed by atoms with van der Waals surface area (Å²) in [4.78, 5) is 15.0. The summed E-state index contributed by atoms with van der Waals surface area (Å²) in [6.07, 6.45) is 0.282. The van der Waals surface area contributed by atoms with Crippen molar-refractivity contribution in [3.05, 3.63) is 47.8 Å². The minimum atomic E-state index is -2.92. The Kier molecular flexibility index (Phi) is 4.94. The average Bonchev–Trinajstić information content (AvgIpc) is 2.99. The lowest BCUT2D eigenvalue weighted by Gasteiger charge is -2.06. The van der Waals surface area contributed by atoms with Gasteiger partial charge in [-0.05, 0) is 35.9 Å². The van der Waals surface area contributed by atoms with E-state index in [4.69, 9.17) is 5.11 Å². The van der Waals surface area contributed by atoms with Crippen LogP contribution >= 0.6 is 0 Å². The van der Waals surface area contributed by atoms with E-state index >= 15 is 0 Å². The number of alkyl halides is 2. The molecule has 0 radical (unpaired) electrons. The molecule has 1 aromatic carbocycles. The normalized spacial score (nSPS) is 11.1. The van der Waals surface area contributed by atoms with Crippen LogP contribution in [0.2, 0.25) is 0 Å². The molecule has 0 aliphatic rings. The zero-order valence-corrected chi connectivity index (χ0v) is 13.3. The Morgan fingerprint density at radius 3 is 2.62 bits per heavy atom. The zero-order chi connectivity index (χ0) is 18.7. The third kappa shape index (κ3) is 3.54. The Bertz CT molecular complexity index is 928. The highest BCUT2D eigenvalue weighted by Crippen LogP contribution is 2.25. The molecule has 0 fully saturated rings. The molecule has 26 heavy (non-hydrogen) atoms. The maximum absolute atomic E-state index is 12.3. The van der Waals surface area contributed by atoms with Crippen molar-refractivity contribution in [1.82, 2.24) is 20.1 Å². The summed E-state index contributed by atoms with van der Waals surface area (Å²) in [5, 5.41) is 25.5. The SMILES string of the molecule is O=C(O)NCc1nn(-c2ccc(OC(F)F)cc2)c2nccc(CO)c12. The first-order chi connectivity index (χ1) is 12.5. The third-order valence-electron chi connectivity index (χ3n) is 3.61. The van der Waals surface area contributed by atoms with Gasteiger partial charge in [-0.1, -0.05) is 0 Å². The van der Waals surface area contributed by atoms with Gasteiger partial charge in [0.05, 0.1) is 24.5 Å². The van der Waals surface area contributed by atoms with E-state index < -0.39 is 12.7 Å². The first-order valence-electron chi connectivity index (χ1n) is 7.48. The first kappa shape index (κ1) is 17.5. The molecule has 0 saturated heterocycles. The number of nitrogens with one attached hydrogen (secondary N) is 1. The summed E-state index contributed by atoms with van der Waals surface area (Å²) >= 11 is 0. The number of aromatic nitrogens is 3. The summed E-state index contributed by atoms with van der Waals surface area (Å²) in [6, 6.07) is 7.37. The maximum Gasteiger partial charge on any atom is 0.404 e. The van der Waals surface area contributed by atoms with E-state index in [0.717, 1.165) is 0 Å². The Balaban J connectivity index is 2.06. The van der Waals surface area contributed by atoms with Crippen molar-refractivity contribution in [2.24, 2.45) is 0 Å². The third-order valence-corrected chi connectivity index (χ3v) is 3.61. The number of aliphatic hydroxyl groups excluding tert-OH is 1. The van der Waals surface area contributed by atoms with Crippen molar-refractivity contribution < 1.29 is 28.5 Å². The molecule has 2 heterocycles. The number of carbonyl (C=O) groups is 1. The largest absolute Gasteiger partial charge is 0.465 e. The van der Waals surface area contributed by atoms with E-state index in [0.29, 0.717) is 28.0 Å². The number of fused-ring (bicyclic) bond motifs is 1. The molecule has 3 N–H and O–H groups in total. The summed E-state index contributed by atoms with van der Waals surface area (Å²) in [7, 11) is 0. The second-order valence-corrected chi connectivity index (χ2v) is 5.22. The van der Waals surface area contributed by atoms with Crippen LogP contribution in [0.25, 0.3) is 16.7 Å². The summed E-state index contributed by atoms with van der Waals surface area (Å²) in [5.74, 6) is -0.00279. The van der Waals surface area contributed by atoms with Crippen molar-refractivity contribution in [3.8, 4) is 11.4 Å². The highest BCUT2D eigenvalue weighted by molar-refractivity contribution is 5.83. The molecule has 0 atom stereocenters. The van der Waals surface area contributed by atoms with Crippen molar-refractivity contribution in [3.63, 3.8) is 0 Å². The molecule has 10 heteroatoms. The number of halogens is 2. The second-order valence-electron chi connectivity index (χ2n) is 5.22. The Morgan fingerprint density at radius 2 is 2.00 bits per heavy atom. The molecule has 0 aliphatic heterocycles. The van der Waals surface area contributed by atoms with Crippen LogP contribution in [-0.4, -0.2) is 37.7 Å². The molecule has 0 saturated carbocycles. The number of benzene rings is 1. The van der Waals surface area contributed by atoms with Crippen LogP contribution in [0, 0.1) is 0 Å². The second kappa shape index (κ2) is 7.31. The van der Waals surface area contributed by atoms with Crippen molar-refractivity contribution in [2.75, 3.05) is 0 Å². The highest BCUT2D eigenvalue weighted by Gasteiger charge is 2.17. The fourth-order valence-corrected chi connectivity index (χ4v) is 2.55. The highest BCUT2D eigenvalue weighted by atomic mass is 19.3. The number of rotatable bonds is 6. The molecule has 2 aromatic heterocycles. The fourth-order valence-electron chi connectivity index (χ4n) is 2.55. The van der Waals surface area contributed by atoms with Crippen molar-refractivity contribution in [1.29, 1.82) is 0 Å². The number of hydrogen-bond acceptors (Lipinski definition) is 5. The Morgan fingerprint density at radius 1 is 1.27 bits per heavy atom. The molecule has 0 unspecified atom stereocenters. The molecule has 0 spiro atoms. The molecule has 1 amide bonds. The number of hydrogen-bond donors (Lipinski definition) is 3. The zero-order valence-electron chi connectivity index (χ0n) is 13.3. The van der Waals surface area contributed by atoms with E-state index in [2.05, 4.69) is 20.1 Å². The number of pyridine rings is 1. The molecule has 136 valence electrons. The van der Waals surface area contributed by atoms with E-state index in [1.54, 1.807) is 6.07 Å². The van der Waals surface area contributed by atoms with Gasteiger partial charge < -0.3 is 20.3 Å². The average molecular weight is 364 g/mol. The van der Waals surface area contributed by atoms with Gasteiger partial charge in [-0.3, -0.25) is 0 Å². The van der Waals surface area contributed by atoms with Gasteiger partial charge in [0.2, 0.25) is 0 Å². The molecule has 0 aliphatic carbocycles. The van der Waals surface area contributed by atoms with Crippen LogP contribution < -0.4 is 10.1 Å². The smallest absolute Gasteiger partial charge is 0.404 e. The Hall–Kier alpha value is -3.27. The summed E-state index contributed by atoms with van der Waals surface area (Å²) < 4.78 is 30.3. The maximum atomic E-state index is 12.3. The van der Waals surface area contributed by atoms with Crippen LogP contribution in [0.1, 0.15) is 11.3 Å². The van der Waals surface area contributed by atoms with Gasteiger partial charge in [0.15, 0.2) is 5.65 Å². The molecular formula is C16H14F2N4O4. The standard InChI is InChI=1S/C16H14F2N4O4/c17-15(18)26-11-3-1-10(2-4-11)22-14-13(9(8-23)5-6-19-14)12(21-22)7-20-16(24)25/h1-6,15,20,23H,7-8H2,(H,24,25). The molecular weight excluding hydrogens is 350 g/mol. The molecule has 0 bridgehead atoms. The molecule has 3 rings (SSSR count). The van der Waals surface area contributed by atoms with Crippen molar-refractivity contribution in [2.45, 2.75) is 19.8 Å². The van der Waals surface area contributed by atoms with Gasteiger partial charge >= 0.3 is 12.7 Å². The Labute approximate surface area is 145 Å². The van der Waals surface area contributed by atoms with Crippen LogP contribution in [0.5, 0.6) is 5.75 Å².